The summed E-state index contributed by atoms with van der Waals surface area (Å²) in [4.78, 5) is 11.6. The largest absolute Gasteiger partial charge is 0.368 e. The van der Waals surface area contributed by atoms with E-state index in [9.17, 15) is 4.79 Å². The molecule has 0 aromatic carbocycles. The summed E-state index contributed by atoms with van der Waals surface area (Å²) in [5.74, 6) is 0.0621. The van der Waals surface area contributed by atoms with Crippen LogP contribution < -0.4 is 10.6 Å². The van der Waals surface area contributed by atoms with Gasteiger partial charge in [0.05, 0.1) is 0 Å². The van der Waals surface area contributed by atoms with Crippen molar-refractivity contribution in [2.24, 2.45) is 0 Å². The zero-order valence-corrected chi connectivity index (χ0v) is 9.63. The number of nitrogens with one attached hydrogen (secondary N) is 2. The molecular formula is C12H20N2O2. The lowest BCUT2D eigenvalue weighted by atomic mass is 10.1. The third-order valence-electron chi connectivity index (χ3n) is 3.13. The summed E-state index contributed by atoms with van der Waals surface area (Å²) in [6.07, 6.45) is 5.99. The van der Waals surface area contributed by atoms with Gasteiger partial charge < -0.3 is 15.4 Å². The van der Waals surface area contributed by atoms with Crippen molar-refractivity contribution < 1.29 is 9.53 Å². The van der Waals surface area contributed by atoms with Gasteiger partial charge in [0, 0.05) is 19.7 Å². The van der Waals surface area contributed by atoms with E-state index in [1.807, 2.05) is 0 Å². The fraction of sp³-hybridized carbons (Fsp3) is 0.750. The molecule has 2 heterocycles. The van der Waals surface area contributed by atoms with E-state index in [0.29, 0.717) is 0 Å². The van der Waals surface area contributed by atoms with Crippen molar-refractivity contribution in [3.8, 4) is 0 Å². The van der Waals surface area contributed by atoms with E-state index in [1.54, 1.807) is 0 Å². The molecule has 0 spiro atoms. The third kappa shape index (κ3) is 3.32. The summed E-state index contributed by atoms with van der Waals surface area (Å²) in [6.45, 7) is 3.50. The molecule has 2 rings (SSSR count). The monoisotopic (exact) mass is 224 g/mol. The van der Waals surface area contributed by atoms with E-state index >= 15 is 0 Å². The van der Waals surface area contributed by atoms with E-state index in [-0.39, 0.29) is 12.0 Å². The molecule has 0 radical (unpaired) electrons. The Labute approximate surface area is 96.4 Å². The van der Waals surface area contributed by atoms with E-state index in [1.165, 1.54) is 5.57 Å². The normalized spacial score (nSPS) is 25.2. The van der Waals surface area contributed by atoms with Crippen molar-refractivity contribution in [1.82, 2.24) is 10.6 Å². The molecule has 0 aromatic rings. The van der Waals surface area contributed by atoms with Gasteiger partial charge in [-0.3, -0.25) is 4.79 Å². The summed E-state index contributed by atoms with van der Waals surface area (Å²) < 4.78 is 5.32. The number of hydrogen-bond donors (Lipinski definition) is 2. The fourth-order valence-corrected chi connectivity index (χ4v) is 2.14. The van der Waals surface area contributed by atoms with Gasteiger partial charge in [-0.05, 0) is 32.2 Å². The molecule has 0 bridgehead atoms. The van der Waals surface area contributed by atoms with Crippen LogP contribution in [0.1, 0.15) is 25.7 Å². The summed E-state index contributed by atoms with van der Waals surface area (Å²) in [5.41, 5.74) is 1.45. The fourth-order valence-electron chi connectivity index (χ4n) is 2.14. The van der Waals surface area contributed by atoms with Gasteiger partial charge in [0.25, 0.3) is 0 Å². The first kappa shape index (κ1) is 11.6. The van der Waals surface area contributed by atoms with Crippen LogP contribution in [0.25, 0.3) is 0 Å². The summed E-state index contributed by atoms with van der Waals surface area (Å²) in [7, 11) is 0. The quantitative estimate of drug-likeness (QED) is 0.687. The molecule has 0 aliphatic carbocycles. The summed E-state index contributed by atoms with van der Waals surface area (Å²) in [5, 5.41) is 6.22. The zero-order chi connectivity index (χ0) is 11.2. The Balaban J connectivity index is 1.63. The van der Waals surface area contributed by atoms with Crippen LogP contribution in [0.5, 0.6) is 0 Å². The minimum absolute atomic E-state index is 0.0621. The van der Waals surface area contributed by atoms with Gasteiger partial charge in [-0.2, -0.15) is 0 Å². The molecule has 4 nitrogen and oxygen atoms in total. The van der Waals surface area contributed by atoms with E-state index in [0.717, 1.165) is 51.9 Å². The second kappa shape index (κ2) is 6.01. The Morgan fingerprint density at radius 3 is 3.25 bits per heavy atom. The molecule has 2 N–H and O–H groups in total. The molecule has 4 heteroatoms. The number of carbonyl (C=O) groups is 1. The van der Waals surface area contributed by atoms with Crippen molar-refractivity contribution in [2.45, 2.75) is 31.8 Å². The average Bonchev–Trinajstić information content (AvgIpc) is 2.84. The molecular weight excluding hydrogens is 204 g/mol. The molecule has 2 aliphatic heterocycles. The molecule has 0 aromatic heterocycles. The van der Waals surface area contributed by atoms with Crippen LogP contribution in [0.4, 0.5) is 0 Å². The third-order valence-corrected chi connectivity index (χ3v) is 3.13. The molecule has 2 aliphatic rings. The maximum atomic E-state index is 11.6. The molecule has 16 heavy (non-hydrogen) atoms. The first-order chi connectivity index (χ1) is 7.86. The smallest absolute Gasteiger partial charge is 0.249 e. The lowest BCUT2D eigenvalue weighted by Gasteiger charge is -2.15. The Kier molecular flexibility index (Phi) is 4.36. The second-order valence-electron chi connectivity index (χ2n) is 4.36. The van der Waals surface area contributed by atoms with Crippen LogP contribution in [-0.4, -0.2) is 38.3 Å². The van der Waals surface area contributed by atoms with Crippen LogP contribution in [0.15, 0.2) is 11.6 Å². The minimum atomic E-state index is -0.193. The van der Waals surface area contributed by atoms with E-state index in [2.05, 4.69) is 16.7 Å². The molecule has 0 saturated carbocycles. The van der Waals surface area contributed by atoms with Crippen molar-refractivity contribution >= 4 is 5.91 Å². The molecule has 90 valence electrons. The highest BCUT2D eigenvalue weighted by Crippen LogP contribution is 2.12. The SMILES string of the molecule is O=C(NCCC1=CCNCC1)[C@@H]1CCCO1. The number of amides is 1. The predicted molar refractivity (Wildman–Crippen MR) is 62.2 cm³/mol. The predicted octanol–water partition coefficient (Wildman–Crippen LogP) is 0.591. The number of hydrogen-bond acceptors (Lipinski definition) is 3. The Bertz CT molecular complexity index is 270. The first-order valence-electron chi connectivity index (χ1n) is 6.14. The van der Waals surface area contributed by atoms with E-state index < -0.39 is 0 Å². The van der Waals surface area contributed by atoms with Gasteiger partial charge in [0.1, 0.15) is 6.10 Å². The summed E-state index contributed by atoms with van der Waals surface area (Å²) >= 11 is 0. The van der Waals surface area contributed by atoms with Gasteiger partial charge in [0.15, 0.2) is 0 Å². The van der Waals surface area contributed by atoms with Gasteiger partial charge in [0.2, 0.25) is 5.91 Å². The van der Waals surface area contributed by atoms with Gasteiger partial charge >= 0.3 is 0 Å². The van der Waals surface area contributed by atoms with Crippen LogP contribution >= 0.6 is 0 Å². The highest BCUT2D eigenvalue weighted by Gasteiger charge is 2.22. The van der Waals surface area contributed by atoms with Gasteiger partial charge in [-0.25, -0.2) is 0 Å². The molecule has 1 fully saturated rings. The maximum absolute atomic E-state index is 11.6. The minimum Gasteiger partial charge on any atom is -0.368 e. The number of rotatable bonds is 4. The standard InChI is InChI=1S/C12H20N2O2/c15-12(11-2-1-9-16-11)14-8-5-10-3-6-13-7-4-10/h3,11,13H,1-2,4-9H2,(H,14,15)/t11-/m0/s1. The van der Waals surface area contributed by atoms with Gasteiger partial charge in [-0.15, -0.1) is 0 Å². The summed E-state index contributed by atoms with van der Waals surface area (Å²) in [6, 6.07) is 0. The molecule has 1 saturated heterocycles. The highest BCUT2D eigenvalue weighted by molar-refractivity contribution is 5.80. The maximum Gasteiger partial charge on any atom is 0.249 e. The topological polar surface area (TPSA) is 50.4 Å². The highest BCUT2D eigenvalue weighted by atomic mass is 16.5. The second-order valence-corrected chi connectivity index (χ2v) is 4.36. The average molecular weight is 224 g/mol. The zero-order valence-electron chi connectivity index (χ0n) is 9.63. The van der Waals surface area contributed by atoms with Crippen LogP contribution in [-0.2, 0) is 9.53 Å². The molecule has 1 amide bonds. The van der Waals surface area contributed by atoms with Crippen molar-refractivity contribution in [1.29, 1.82) is 0 Å². The van der Waals surface area contributed by atoms with Crippen molar-refractivity contribution in [3.05, 3.63) is 11.6 Å². The lowest BCUT2D eigenvalue weighted by molar-refractivity contribution is -0.129. The van der Waals surface area contributed by atoms with Crippen LogP contribution in [0.2, 0.25) is 0 Å². The number of ether oxygens (including phenoxy) is 1. The van der Waals surface area contributed by atoms with E-state index in [4.69, 9.17) is 4.74 Å². The Morgan fingerprint density at radius 1 is 1.62 bits per heavy atom. The van der Waals surface area contributed by atoms with Crippen LogP contribution in [0.3, 0.4) is 0 Å². The Hall–Kier alpha value is -0.870. The lowest BCUT2D eigenvalue weighted by Crippen LogP contribution is -2.35. The van der Waals surface area contributed by atoms with Crippen molar-refractivity contribution in [2.75, 3.05) is 26.2 Å². The van der Waals surface area contributed by atoms with Crippen molar-refractivity contribution in [3.63, 3.8) is 0 Å². The molecule has 1 atom stereocenters. The Morgan fingerprint density at radius 2 is 2.56 bits per heavy atom. The number of carbonyl (C=O) groups excluding carboxylic acids is 1. The van der Waals surface area contributed by atoms with Crippen LogP contribution in [0, 0.1) is 0 Å². The molecule has 0 unspecified atom stereocenters. The first-order valence-corrected chi connectivity index (χ1v) is 6.14. The van der Waals surface area contributed by atoms with Gasteiger partial charge in [-0.1, -0.05) is 11.6 Å².